The molecule has 2 aromatic rings. The van der Waals surface area contributed by atoms with E-state index in [1.807, 2.05) is 6.08 Å². The molecule has 4 atom stereocenters. The first kappa shape index (κ1) is 24.8. The van der Waals surface area contributed by atoms with Gasteiger partial charge in [-0.2, -0.15) is 0 Å². The van der Waals surface area contributed by atoms with Crippen molar-refractivity contribution in [1.29, 1.82) is 0 Å². The van der Waals surface area contributed by atoms with Crippen molar-refractivity contribution < 1.29 is 17.6 Å². The van der Waals surface area contributed by atoms with Crippen LogP contribution in [0.1, 0.15) is 74.8 Å². The van der Waals surface area contributed by atoms with Crippen molar-refractivity contribution in [3.05, 3.63) is 84.0 Å². The third kappa shape index (κ3) is 5.01. The van der Waals surface area contributed by atoms with Crippen LogP contribution in [0, 0.1) is 41.0 Å². The molecular formula is C30H34F4. The third-order valence-electron chi connectivity index (χ3n) is 8.12. The number of hydrogen-bond acceptors (Lipinski definition) is 0. The van der Waals surface area contributed by atoms with Gasteiger partial charge in [-0.05, 0) is 92.6 Å². The molecule has 2 aromatic carbocycles. The maximum atomic E-state index is 15.2. The van der Waals surface area contributed by atoms with Gasteiger partial charge in [0.1, 0.15) is 0 Å². The highest BCUT2D eigenvalue weighted by atomic mass is 19.2. The molecule has 182 valence electrons. The fourth-order valence-corrected chi connectivity index (χ4v) is 6.22. The Bertz CT molecular complexity index is 1040. The summed E-state index contributed by atoms with van der Waals surface area (Å²) < 4.78 is 59.6. The van der Waals surface area contributed by atoms with Crippen molar-refractivity contribution in [2.24, 2.45) is 17.8 Å². The number of fused-ring (bicyclic) bond motifs is 1. The Labute approximate surface area is 200 Å². The quantitative estimate of drug-likeness (QED) is 0.266. The number of aryl methyl sites for hydroxylation is 1. The summed E-state index contributed by atoms with van der Waals surface area (Å²) >= 11 is 0. The Balaban J connectivity index is 1.51. The van der Waals surface area contributed by atoms with Crippen LogP contribution in [0.15, 0.2) is 49.6 Å². The topological polar surface area (TPSA) is 0 Å². The molecule has 2 saturated carbocycles. The molecule has 0 aromatic heterocycles. The average molecular weight is 471 g/mol. The van der Waals surface area contributed by atoms with Crippen LogP contribution in [-0.4, -0.2) is 0 Å². The highest BCUT2D eigenvalue weighted by molar-refractivity contribution is 5.66. The molecule has 0 nitrogen and oxygen atoms in total. The lowest BCUT2D eigenvalue weighted by Gasteiger charge is -2.42. The number of allylic oxidation sites excluding steroid dienone is 2. The SMILES string of the molecule is C=CCCc1ccc(-c2ccc(C3CCC4CC(CCC=C)CCC4C3)c(F)c2F)c(F)c1F. The number of halogens is 4. The Morgan fingerprint density at radius 3 is 2.09 bits per heavy atom. The van der Waals surface area contributed by atoms with Gasteiger partial charge < -0.3 is 0 Å². The summed E-state index contributed by atoms with van der Waals surface area (Å²) in [5.41, 5.74) is 0.0975. The van der Waals surface area contributed by atoms with Crippen LogP contribution < -0.4 is 0 Å². The summed E-state index contributed by atoms with van der Waals surface area (Å²) in [5.74, 6) is -2.22. The Hall–Kier alpha value is -2.36. The third-order valence-corrected chi connectivity index (χ3v) is 8.12. The van der Waals surface area contributed by atoms with Gasteiger partial charge in [0.15, 0.2) is 23.3 Å². The summed E-state index contributed by atoms with van der Waals surface area (Å²) in [6, 6.07) is 5.77. The molecule has 0 N–H and O–H groups in total. The first-order chi connectivity index (χ1) is 16.4. The molecule has 4 heteroatoms. The molecular weight excluding hydrogens is 436 g/mol. The zero-order valence-corrected chi connectivity index (χ0v) is 19.8. The van der Waals surface area contributed by atoms with Gasteiger partial charge in [0.05, 0.1) is 0 Å². The van der Waals surface area contributed by atoms with E-state index in [0.717, 1.165) is 38.0 Å². The molecule has 0 aliphatic heterocycles. The van der Waals surface area contributed by atoms with Gasteiger partial charge in [-0.25, -0.2) is 17.6 Å². The predicted octanol–water partition coefficient (Wildman–Crippen LogP) is 9.29. The fraction of sp³-hybridized carbons (Fsp3) is 0.467. The van der Waals surface area contributed by atoms with E-state index in [-0.39, 0.29) is 22.6 Å². The van der Waals surface area contributed by atoms with Crippen molar-refractivity contribution >= 4 is 0 Å². The molecule has 0 bridgehead atoms. The molecule has 2 aliphatic carbocycles. The van der Waals surface area contributed by atoms with E-state index >= 15 is 8.78 Å². The second-order valence-electron chi connectivity index (χ2n) is 10.1. The summed E-state index contributed by atoms with van der Waals surface area (Å²) in [6.07, 6.45) is 13.0. The van der Waals surface area contributed by atoms with Crippen LogP contribution in [0.2, 0.25) is 0 Å². The maximum absolute atomic E-state index is 15.2. The van der Waals surface area contributed by atoms with E-state index in [4.69, 9.17) is 0 Å². The highest BCUT2D eigenvalue weighted by Crippen LogP contribution is 2.49. The van der Waals surface area contributed by atoms with Gasteiger partial charge in [0, 0.05) is 11.1 Å². The summed E-state index contributed by atoms with van der Waals surface area (Å²) in [7, 11) is 0. The smallest absolute Gasteiger partial charge is 0.167 e. The molecule has 4 unspecified atom stereocenters. The van der Waals surface area contributed by atoms with E-state index in [2.05, 4.69) is 13.2 Å². The van der Waals surface area contributed by atoms with Gasteiger partial charge >= 0.3 is 0 Å². The minimum Gasteiger partial charge on any atom is -0.203 e. The average Bonchev–Trinajstić information content (AvgIpc) is 2.85. The Kier molecular flexibility index (Phi) is 7.95. The van der Waals surface area contributed by atoms with Crippen molar-refractivity contribution in [2.45, 2.75) is 70.1 Å². The van der Waals surface area contributed by atoms with Crippen molar-refractivity contribution in [1.82, 2.24) is 0 Å². The van der Waals surface area contributed by atoms with Crippen LogP contribution in [0.3, 0.4) is 0 Å². The standard InChI is InChI=1S/C30H34F4/c1-3-5-7-19-9-10-22-18-23(12-11-21(22)17-19)24-15-16-26(30(34)28(24)32)25-14-13-20(8-6-4-2)27(31)29(25)33/h3-4,13-16,19,21-23H,1-2,5-12,17-18H2. The van der Waals surface area contributed by atoms with Gasteiger partial charge in [0.2, 0.25) is 0 Å². The summed E-state index contributed by atoms with van der Waals surface area (Å²) in [5, 5.41) is 0. The monoisotopic (exact) mass is 470 g/mol. The van der Waals surface area contributed by atoms with Crippen LogP contribution in [0.4, 0.5) is 17.6 Å². The lowest BCUT2D eigenvalue weighted by molar-refractivity contribution is 0.114. The molecule has 0 amide bonds. The first-order valence-electron chi connectivity index (χ1n) is 12.6. The largest absolute Gasteiger partial charge is 0.203 e. The van der Waals surface area contributed by atoms with Gasteiger partial charge in [-0.3, -0.25) is 0 Å². The second-order valence-corrected chi connectivity index (χ2v) is 10.1. The number of benzene rings is 2. The number of hydrogen-bond donors (Lipinski definition) is 0. The van der Waals surface area contributed by atoms with Crippen LogP contribution >= 0.6 is 0 Å². The molecule has 0 saturated heterocycles. The maximum Gasteiger partial charge on any atom is 0.167 e. The lowest BCUT2D eigenvalue weighted by Crippen LogP contribution is -2.30. The molecule has 2 aliphatic rings. The van der Waals surface area contributed by atoms with Crippen molar-refractivity contribution in [2.75, 3.05) is 0 Å². The van der Waals surface area contributed by atoms with E-state index in [9.17, 15) is 8.78 Å². The minimum atomic E-state index is -1.14. The molecule has 0 heterocycles. The van der Waals surface area contributed by atoms with Crippen LogP contribution in [0.5, 0.6) is 0 Å². The fourth-order valence-electron chi connectivity index (χ4n) is 6.22. The van der Waals surface area contributed by atoms with E-state index in [0.29, 0.717) is 30.2 Å². The van der Waals surface area contributed by atoms with E-state index in [1.54, 1.807) is 12.1 Å². The molecule has 4 rings (SSSR count). The van der Waals surface area contributed by atoms with Gasteiger partial charge in [-0.1, -0.05) is 42.8 Å². The van der Waals surface area contributed by atoms with Gasteiger partial charge in [0.25, 0.3) is 0 Å². The highest BCUT2D eigenvalue weighted by Gasteiger charge is 2.37. The number of rotatable bonds is 8. The Morgan fingerprint density at radius 2 is 1.35 bits per heavy atom. The predicted molar refractivity (Wildman–Crippen MR) is 131 cm³/mol. The molecule has 34 heavy (non-hydrogen) atoms. The zero-order chi connectivity index (χ0) is 24.2. The summed E-state index contributed by atoms with van der Waals surface area (Å²) in [6.45, 7) is 7.41. The van der Waals surface area contributed by atoms with Crippen LogP contribution in [-0.2, 0) is 6.42 Å². The van der Waals surface area contributed by atoms with Crippen LogP contribution in [0.25, 0.3) is 11.1 Å². The van der Waals surface area contributed by atoms with Crippen molar-refractivity contribution in [3.8, 4) is 11.1 Å². The van der Waals surface area contributed by atoms with Gasteiger partial charge in [-0.15, -0.1) is 13.2 Å². The second kappa shape index (κ2) is 10.9. The van der Waals surface area contributed by atoms with E-state index in [1.165, 1.54) is 37.5 Å². The van der Waals surface area contributed by atoms with E-state index < -0.39 is 23.3 Å². The van der Waals surface area contributed by atoms with Crippen molar-refractivity contribution in [3.63, 3.8) is 0 Å². The summed E-state index contributed by atoms with van der Waals surface area (Å²) in [4.78, 5) is 0. The zero-order valence-electron chi connectivity index (χ0n) is 19.8. The lowest BCUT2D eigenvalue weighted by atomic mass is 9.63. The minimum absolute atomic E-state index is 0.0302. The molecule has 0 spiro atoms. The normalized spacial score (nSPS) is 24.5. The molecule has 0 radical (unpaired) electrons. The first-order valence-corrected chi connectivity index (χ1v) is 12.6. The Morgan fingerprint density at radius 1 is 0.706 bits per heavy atom. The molecule has 2 fully saturated rings.